The Morgan fingerprint density at radius 3 is 2.85 bits per heavy atom. The zero-order valence-electron chi connectivity index (χ0n) is 15.0. The maximum atomic E-state index is 5.42. The molecule has 1 aliphatic rings. The Morgan fingerprint density at radius 2 is 2.00 bits per heavy atom. The summed E-state index contributed by atoms with van der Waals surface area (Å²) in [7, 11) is 1.71. The highest BCUT2D eigenvalue weighted by atomic mass is 16.5. The van der Waals surface area contributed by atoms with Gasteiger partial charge < -0.3 is 15.0 Å². The molecule has 2 N–H and O–H groups in total. The second-order valence-corrected chi connectivity index (χ2v) is 6.67. The van der Waals surface area contributed by atoms with E-state index in [1.54, 1.807) is 7.11 Å². The van der Waals surface area contributed by atoms with Gasteiger partial charge >= 0.3 is 0 Å². The zero-order chi connectivity index (χ0) is 17.8. The highest BCUT2D eigenvalue weighted by Gasteiger charge is 2.14. The van der Waals surface area contributed by atoms with Crippen molar-refractivity contribution in [3.05, 3.63) is 78.0 Å². The largest absolute Gasteiger partial charge is 0.495 e. The maximum Gasteiger partial charge on any atom is 0.142 e. The third-order valence-electron chi connectivity index (χ3n) is 5.02. The molecular weight excluding hydrogens is 320 g/mol. The fourth-order valence-electron chi connectivity index (χ4n) is 3.65. The second kappa shape index (κ2) is 7.63. The van der Waals surface area contributed by atoms with Crippen LogP contribution >= 0.6 is 0 Å². The number of hydrogen-bond donors (Lipinski definition) is 2. The maximum absolute atomic E-state index is 5.42. The first kappa shape index (κ1) is 16.7. The van der Waals surface area contributed by atoms with Gasteiger partial charge in [0.15, 0.2) is 0 Å². The molecular formula is C23H24N2O. The lowest BCUT2D eigenvalue weighted by atomic mass is 9.93. The minimum Gasteiger partial charge on any atom is -0.495 e. The van der Waals surface area contributed by atoms with Crippen molar-refractivity contribution in [2.75, 3.05) is 13.7 Å². The van der Waals surface area contributed by atoms with Gasteiger partial charge in [0.25, 0.3) is 0 Å². The molecule has 2 aromatic carbocycles. The van der Waals surface area contributed by atoms with Crippen molar-refractivity contribution in [2.24, 2.45) is 0 Å². The topological polar surface area (TPSA) is 37.0 Å². The summed E-state index contributed by atoms with van der Waals surface area (Å²) in [4.78, 5) is 3.26. The third kappa shape index (κ3) is 3.44. The minimum absolute atomic E-state index is 0.478. The summed E-state index contributed by atoms with van der Waals surface area (Å²) >= 11 is 0. The van der Waals surface area contributed by atoms with Gasteiger partial charge in [-0.3, -0.25) is 0 Å². The molecule has 0 aliphatic carbocycles. The van der Waals surface area contributed by atoms with Crippen LogP contribution in [0.25, 0.3) is 22.6 Å². The number of hydrogen-bond acceptors (Lipinski definition) is 2. The van der Waals surface area contributed by atoms with Crippen molar-refractivity contribution >= 4 is 22.6 Å². The van der Waals surface area contributed by atoms with Gasteiger partial charge in [-0.15, -0.1) is 0 Å². The number of aromatic amines is 1. The lowest BCUT2D eigenvalue weighted by molar-refractivity contribution is 0.419. The molecule has 4 rings (SSSR count). The summed E-state index contributed by atoms with van der Waals surface area (Å²) < 4.78 is 5.42. The van der Waals surface area contributed by atoms with Crippen molar-refractivity contribution in [1.29, 1.82) is 0 Å². The van der Waals surface area contributed by atoms with E-state index in [-0.39, 0.29) is 0 Å². The molecule has 26 heavy (non-hydrogen) atoms. The Hall–Kier alpha value is -2.78. The second-order valence-electron chi connectivity index (χ2n) is 6.67. The zero-order valence-corrected chi connectivity index (χ0v) is 15.0. The van der Waals surface area contributed by atoms with Crippen molar-refractivity contribution < 1.29 is 4.74 Å². The van der Waals surface area contributed by atoms with Crippen LogP contribution in [0.3, 0.4) is 0 Å². The van der Waals surface area contributed by atoms with E-state index < -0.39 is 0 Å². The number of ether oxygens (including phenoxy) is 1. The fraction of sp³-hybridized carbons (Fsp3) is 0.217. The normalized spacial score (nSPS) is 17.6. The molecule has 0 bridgehead atoms. The summed E-state index contributed by atoms with van der Waals surface area (Å²) in [6.45, 7) is 0.938. The predicted octanol–water partition coefficient (Wildman–Crippen LogP) is 5.03. The molecule has 1 aliphatic heterocycles. The van der Waals surface area contributed by atoms with E-state index in [9.17, 15) is 0 Å². The van der Waals surface area contributed by atoms with E-state index in [2.05, 4.69) is 71.0 Å². The van der Waals surface area contributed by atoms with Crippen LogP contribution in [-0.2, 0) is 0 Å². The van der Waals surface area contributed by atoms with Crippen LogP contribution in [0.4, 0.5) is 0 Å². The molecule has 0 fully saturated rings. The van der Waals surface area contributed by atoms with E-state index in [1.807, 2.05) is 12.3 Å². The molecule has 3 heteroatoms. The number of H-pyrrole nitrogens is 1. The Labute approximate surface area is 154 Å². The Morgan fingerprint density at radius 1 is 1.12 bits per heavy atom. The van der Waals surface area contributed by atoms with Gasteiger partial charge in [0.2, 0.25) is 0 Å². The fourth-order valence-corrected chi connectivity index (χ4v) is 3.65. The average molecular weight is 344 g/mol. The number of rotatable bonds is 5. The lowest BCUT2D eigenvalue weighted by Crippen LogP contribution is -2.32. The number of nitrogens with one attached hydrogen (secondary N) is 2. The molecule has 1 atom stereocenters. The molecule has 0 saturated heterocycles. The SMILES string of the molecule is COc1ccc(C=CCC2CC(c3ccccc3)=CCN2)c2cc[nH]c12. The average Bonchev–Trinajstić information content (AvgIpc) is 3.19. The molecule has 3 aromatic rings. The molecule has 3 nitrogen and oxygen atoms in total. The number of benzene rings is 2. The number of aromatic nitrogens is 1. The molecule has 0 spiro atoms. The summed E-state index contributed by atoms with van der Waals surface area (Å²) in [5, 5.41) is 4.80. The van der Waals surface area contributed by atoms with Gasteiger partial charge in [-0.05, 0) is 41.7 Å². The summed E-state index contributed by atoms with van der Waals surface area (Å²) in [5.41, 5.74) is 5.06. The van der Waals surface area contributed by atoms with Crippen LogP contribution in [0.1, 0.15) is 24.0 Å². The molecule has 0 saturated carbocycles. The highest BCUT2D eigenvalue weighted by molar-refractivity contribution is 5.92. The smallest absolute Gasteiger partial charge is 0.142 e. The first-order chi connectivity index (χ1) is 12.8. The quantitative estimate of drug-likeness (QED) is 0.681. The van der Waals surface area contributed by atoms with E-state index in [1.165, 1.54) is 22.1 Å². The van der Waals surface area contributed by atoms with Crippen LogP contribution < -0.4 is 10.1 Å². The lowest BCUT2D eigenvalue weighted by Gasteiger charge is -2.23. The monoisotopic (exact) mass is 344 g/mol. The van der Waals surface area contributed by atoms with E-state index in [4.69, 9.17) is 4.74 Å². The summed E-state index contributed by atoms with van der Waals surface area (Å²) in [6, 6.07) is 17.4. The summed E-state index contributed by atoms with van der Waals surface area (Å²) in [6.07, 6.45) is 10.9. The van der Waals surface area contributed by atoms with Crippen LogP contribution in [0.2, 0.25) is 0 Å². The van der Waals surface area contributed by atoms with Crippen LogP contribution in [-0.4, -0.2) is 24.7 Å². The third-order valence-corrected chi connectivity index (χ3v) is 5.02. The molecule has 0 amide bonds. The number of fused-ring (bicyclic) bond motifs is 1. The van der Waals surface area contributed by atoms with Crippen molar-refractivity contribution in [1.82, 2.24) is 10.3 Å². The Bertz CT molecular complexity index is 937. The number of methoxy groups -OCH3 is 1. The van der Waals surface area contributed by atoms with Crippen molar-refractivity contribution in [3.63, 3.8) is 0 Å². The van der Waals surface area contributed by atoms with Crippen molar-refractivity contribution in [2.45, 2.75) is 18.9 Å². The standard InChI is InChI=1S/C23H24N2O/c1-26-22-11-10-18(21-13-15-25-23(21)22)8-5-9-20-16-19(12-14-24-20)17-6-3-2-4-7-17/h2-8,10-13,15,20,24-25H,9,14,16H2,1H3. The van der Waals surface area contributed by atoms with Gasteiger partial charge in [-0.1, -0.05) is 54.6 Å². The van der Waals surface area contributed by atoms with Gasteiger partial charge in [0.1, 0.15) is 5.75 Å². The first-order valence-electron chi connectivity index (χ1n) is 9.13. The first-order valence-corrected chi connectivity index (χ1v) is 9.13. The van der Waals surface area contributed by atoms with Crippen LogP contribution in [0, 0.1) is 0 Å². The van der Waals surface area contributed by atoms with E-state index >= 15 is 0 Å². The predicted molar refractivity (Wildman–Crippen MR) is 109 cm³/mol. The van der Waals surface area contributed by atoms with Crippen LogP contribution in [0.5, 0.6) is 5.75 Å². The Kier molecular flexibility index (Phi) is 4.89. The van der Waals surface area contributed by atoms with Gasteiger partial charge in [0.05, 0.1) is 12.6 Å². The molecule has 2 heterocycles. The van der Waals surface area contributed by atoms with Gasteiger partial charge in [-0.25, -0.2) is 0 Å². The van der Waals surface area contributed by atoms with E-state index in [0.717, 1.165) is 30.7 Å². The van der Waals surface area contributed by atoms with Crippen LogP contribution in [0.15, 0.2) is 66.9 Å². The minimum atomic E-state index is 0.478. The molecule has 132 valence electrons. The van der Waals surface area contributed by atoms with E-state index in [0.29, 0.717) is 6.04 Å². The van der Waals surface area contributed by atoms with Gasteiger partial charge in [-0.2, -0.15) is 0 Å². The van der Waals surface area contributed by atoms with Gasteiger partial charge in [0, 0.05) is 24.2 Å². The summed E-state index contributed by atoms with van der Waals surface area (Å²) in [5.74, 6) is 0.883. The molecule has 1 aromatic heterocycles. The molecule has 0 radical (unpaired) electrons. The molecule has 1 unspecified atom stereocenters. The Balaban J connectivity index is 1.45. The van der Waals surface area contributed by atoms with Crippen molar-refractivity contribution in [3.8, 4) is 5.75 Å². The highest BCUT2D eigenvalue weighted by Crippen LogP contribution is 2.28.